The first-order valence-electron chi connectivity index (χ1n) is 8.63. The molecule has 0 aromatic heterocycles. The minimum absolute atomic E-state index is 0. The fourth-order valence-corrected chi connectivity index (χ4v) is 3.37. The summed E-state index contributed by atoms with van der Waals surface area (Å²) in [5.41, 5.74) is 0.459. The standard InChI is InChI=1S/C19H27N2O4.ClH/c1-4-19(2,3)25-15-18(22)14-21(11-5-6-12-21)13-16-7-9-17(10-8-16)20(23)24;/h1,7-10,18,22H,5-6,11-15H2,2-3H3;1H/q+1;/p-1. The van der Waals surface area contributed by atoms with Gasteiger partial charge in [-0.15, -0.1) is 6.42 Å². The Morgan fingerprint density at radius 2 is 1.92 bits per heavy atom. The van der Waals surface area contributed by atoms with Crippen molar-refractivity contribution >= 4 is 5.69 Å². The first-order chi connectivity index (χ1) is 11.8. The molecule has 1 aromatic carbocycles. The Morgan fingerprint density at radius 1 is 1.35 bits per heavy atom. The van der Waals surface area contributed by atoms with Gasteiger partial charge in [-0.05, 0) is 26.0 Å². The Bertz CT molecular complexity index is 634. The lowest BCUT2D eigenvalue weighted by Gasteiger charge is -2.36. The van der Waals surface area contributed by atoms with Crippen molar-refractivity contribution in [2.75, 3.05) is 26.2 Å². The molecule has 0 radical (unpaired) electrons. The molecule has 1 fully saturated rings. The van der Waals surface area contributed by atoms with Crippen LogP contribution in [0.5, 0.6) is 0 Å². The summed E-state index contributed by atoms with van der Waals surface area (Å²) in [6, 6.07) is 6.69. The van der Waals surface area contributed by atoms with Gasteiger partial charge in [0.25, 0.3) is 5.69 Å². The van der Waals surface area contributed by atoms with E-state index in [0.29, 0.717) is 6.54 Å². The van der Waals surface area contributed by atoms with E-state index in [4.69, 9.17) is 11.2 Å². The second-order valence-corrected chi connectivity index (χ2v) is 7.38. The number of rotatable bonds is 8. The molecule has 0 bridgehead atoms. The molecule has 0 spiro atoms. The summed E-state index contributed by atoms with van der Waals surface area (Å²) in [6.45, 7) is 7.15. The summed E-state index contributed by atoms with van der Waals surface area (Å²) in [5.74, 6) is 2.56. The molecule has 2 rings (SSSR count). The molecule has 1 aliphatic rings. The van der Waals surface area contributed by atoms with Crippen molar-refractivity contribution < 1.29 is 31.7 Å². The molecule has 26 heavy (non-hydrogen) atoms. The zero-order valence-electron chi connectivity index (χ0n) is 15.4. The van der Waals surface area contributed by atoms with Crippen molar-refractivity contribution in [1.29, 1.82) is 0 Å². The van der Waals surface area contributed by atoms with Crippen LogP contribution in [-0.4, -0.2) is 52.5 Å². The topological polar surface area (TPSA) is 72.6 Å². The van der Waals surface area contributed by atoms with Crippen molar-refractivity contribution in [2.24, 2.45) is 0 Å². The van der Waals surface area contributed by atoms with Crippen LogP contribution in [0.2, 0.25) is 0 Å². The van der Waals surface area contributed by atoms with Crippen LogP contribution in [-0.2, 0) is 11.3 Å². The van der Waals surface area contributed by atoms with Gasteiger partial charge in [0.1, 0.15) is 24.8 Å². The highest BCUT2D eigenvalue weighted by Crippen LogP contribution is 2.25. The van der Waals surface area contributed by atoms with Gasteiger partial charge in [0, 0.05) is 30.5 Å². The van der Waals surface area contributed by atoms with Gasteiger partial charge in [-0.3, -0.25) is 10.1 Å². The lowest BCUT2D eigenvalue weighted by Crippen LogP contribution is -3.00. The fourth-order valence-electron chi connectivity index (χ4n) is 3.37. The summed E-state index contributed by atoms with van der Waals surface area (Å²) < 4.78 is 6.39. The van der Waals surface area contributed by atoms with Gasteiger partial charge in [-0.2, -0.15) is 0 Å². The highest BCUT2D eigenvalue weighted by Gasteiger charge is 2.35. The molecule has 1 saturated heterocycles. The molecule has 7 heteroatoms. The van der Waals surface area contributed by atoms with Crippen LogP contribution >= 0.6 is 0 Å². The molecule has 0 amide bonds. The molecule has 1 heterocycles. The van der Waals surface area contributed by atoms with Crippen molar-refractivity contribution in [3.05, 3.63) is 39.9 Å². The van der Waals surface area contributed by atoms with Crippen molar-refractivity contribution in [3.8, 4) is 12.3 Å². The van der Waals surface area contributed by atoms with E-state index < -0.39 is 16.6 Å². The van der Waals surface area contributed by atoms with E-state index in [0.717, 1.165) is 42.5 Å². The van der Waals surface area contributed by atoms with Crippen molar-refractivity contribution in [2.45, 2.75) is 44.9 Å². The number of likely N-dealkylation sites (tertiary alicyclic amines) is 1. The van der Waals surface area contributed by atoms with Crippen LogP contribution < -0.4 is 12.4 Å². The molecule has 1 N–H and O–H groups in total. The minimum atomic E-state index is -0.685. The summed E-state index contributed by atoms with van der Waals surface area (Å²) in [5, 5.41) is 21.2. The van der Waals surface area contributed by atoms with E-state index >= 15 is 0 Å². The number of ether oxygens (including phenoxy) is 1. The minimum Gasteiger partial charge on any atom is -1.00 e. The maximum absolute atomic E-state index is 10.8. The number of terminal acetylenes is 1. The fraction of sp³-hybridized carbons (Fsp3) is 0.579. The highest BCUT2D eigenvalue weighted by molar-refractivity contribution is 5.32. The first-order valence-corrected chi connectivity index (χ1v) is 8.63. The van der Waals surface area contributed by atoms with E-state index in [-0.39, 0.29) is 24.7 Å². The molecular weight excluding hydrogens is 356 g/mol. The van der Waals surface area contributed by atoms with Crippen molar-refractivity contribution in [3.63, 3.8) is 0 Å². The van der Waals surface area contributed by atoms with Crippen molar-refractivity contribution in [1.82, 2.24) is 0 Å². The Morgan fingerprint density at radius 3 is 2.42 bits per heavy atom. The average molecular weight is 383 g/mol. The second-order valence-electron chi connectivity index (χ2n) is 7.38. The number of nitrogens with zero attached hydrogens (tertiary/aromatic N) is 2. The Hall–Kier alpha value is -1.65. The molecule has 1 unspecified atom stereocenters. The number of nitro groups is 1. The number of benzene rings is 1. The average Bonchev–Trinajstić information content (AvgIpc) is 3.01. The van der Waals surface area contributed by atoms with Gasteiger partial charge in [-0.1, -0.05) is 5.92 Å². The van der Waals surface area contributed by atoms with Crippen LogP contribution in [0.4, 0.5) is 5.69 Å². The number of hydrogen-bond acceptors (Lipinski definition) is 4. The number of quaternary nitrogens is 1. The predicted molar refractivity (Wildman–Crippen MR) is 95.8 cm³/mol. The monoisotopic (exact) mass is 382 g/mol. The van der Waals surface area contributed by atoms with E-state index in [1.54, 1.807) is 26.0 Å². The second kappa shape index (κ2) is 9.33. The molecule has 144 valence electrons. The van der Waals surface area contributed by atoms with Gasteiger partial charge in [0.15, 0.2) is 0 Å². The zero-order valence-corrected chi connectivity index (χ0v) is 16.1. The summed E-state index contributed by atoms with van der Waals surface area (Å²) in [4.78, 5) is 10.4. The third-order valence-corrected chi connectivity index (χ3v) is 4.76. The summed E-state index contributed by atoms with van der Waals surface area (Å²) in [6.07, 6.45) is 7.06. The highest BCUT2D eigenvalue weighted by atomic mass is 35.5. The lowest BCUT2D eigenvalue weighted by molar-refractivity contribution is -0.932. The molecule has 1 aromatic rings. The third kappa shape index (κ3) is 6.26. The van der Waals surface area contributed by atoms with Gasteiger partial charge >= 0.3 is 0 Å². The van der Waals surface area contributed by atoms with E-state index in [1.165, 1.54) is 12.1 Å². The number of aliphatic hydroxyl groups excluding tert-OH is 1. The number of halogens is 1. The Balaban J connectivity index is 0.00000338. The van der Waals surface area contributed by atoms with E-state index in [2.05, 4.69) is 5.92 Å². The molecular formula is C19H27ClN2O4. The number of nitro benzene ring substituents is 1. The molecule has 0 saturated carbocycles. The van der Waals surface area contributed by atoms with Gasteiger partial charge in [-0.25, -0.2) is 0 Å². The normalized spacial score (nSPS) is 17.2. The molecule has 0 aliphatic carbocycles. The zero-order chi connectivity index (χ0) is 18.5. The maximum atomic E-state index is 10.8. The van der Waals surface area contributed by atoms with Crippen LogP contribution in [0.25, 0.3) is 0 Å². The van der Waals surface area contributed by atoms with Gasteiger partial charge in [0.2, 0.25) is 0 Å². The number of hydrogen-bond donors (Lipinski definition) is 1. The van der Waals surface area contributed by atoms with Gasteiger partial charge in [0.05, 0.1) is 24.6 Å². The lowest BCUT2D eigenvalue weighted by atomic mass is 10.1. The Kier molecular flexibility index (Phi) is 8.04. The van der Waals surface area contributed by atoms with E-state index in [1.807, 2.05) is 0 Å². The molecule has 1 aliphatic heterocycles. The van der Waals surface area contributed by atoms with Crippen LogP contribution in [0, 0.1) is 22.5 Å². The smallest absolute Gasteiger partial charge is 0.269 e. The van der Waals surface area contributed by atoms with Gasteiger partial charge < -0.3 is 26.7 Å². The van der Waals surface area contributed by atoms with E-state index in [9.17, 15) is 15.2 Å². The Labute approximate surface area is 161 Å². The SMILES string of the molecule is C#CC(C)(C)OCC(O)C[N+]1(Cc2ccc([N+](=O)[O-])cc2)CCCC1.[Cl-]. The van der Waals surface area contributed by atoms with Crippen LogP contribution in [0.3, 0.4) is 0 Å². The third-order valence-electron chi connectivity index (χ3n) is 4.76. The molecule has 6 nitrogen and oxygen atoms in total. The maximum Gasteiger partial charge on any atom is 0.269 e. The quantitative estimate of drug-likeness (QED) is 0.285. The largest absolute Gasteiger partial charge is 1.00 e. The summed E-state index contributed by atoms with van der Waals surface area (Å²) >= 11 is 0. The number of aliphatic hydroxyl groups is 1. The molecule has 1 atom stereocenters. The first kappa shape index (κ1) is 22.4. The summed E-state index contributed by atoms with van der Waals surface area (Å²) in [7, 11) is 0. The number of non-ortho nitro benzene ring substituents is 1. The van der Waals surface area contributed by atoms with Crippen LogP contribution in [0.15, 0.2) is 24.3 Å². The predicted octanol–water partition coefficient (Wildman–Crippen LogP) is -0.501. The van der Waals surface area contributed by atoms with Crippen LogP contribution in [0.1, 0.15) is 32.3 Å².